The second-order valence-corrected chi connectivity index (χ2v) is 8.27. The molecule has 0 aliphatic carbocycles. The largest absolute Gasteiger partial charge is 0.490 e. The molecule has 4 heterocycles. The van der Waals surface area contributed by atoms with Gasteiger partial charge in [0.1, 0.15) is 17.5 Å². The van der Waals surface area contributed by atoms with Gasteiger partial charge in [-0.2, -0.15) is 22.5 Å². The van der Waals surface area contributed by atoms with Crippen molar-refractivity contribution in [3.63, 3.8) is 0 Å². The van der Waals surface area contributed by atoms with E-state index in [2.05, 4.69) is 24.6 Å². The highest BCUT2D eigenvalue weighted by atomic mass is 32.1. The van der Waals surface area contributed by atoms with Crippen molar-refractivity contribution in [2.45, 2.75) is 32.0 Å². The van der Waals surface area contributed by atoms with Crippen LogP contribution in [-0.4, -0.2) is 51.6 Å². The lowest BCUT2D eigenvalue weighted by molar-refractivity contribution is -0.137. The van der Waals surface area contributed by atoms with Gasteiger partial charge in [-0.1, -0.05) is 0 Å². The number of nitrogens with zero attached hydrogens (tertiary/aromatic N) is 5. The Labute approximate surface area is 197 Å². The fourth-order valence-electron chi connectivity index (χ4n) is 3.20. The molecule has 1 aliphatic rings. The van der Waals surface area contributed by atoms with Gasteiger partial charge in [0, 0.05) is 56.8 Å². The van der Waals surface area contributed by atoms with Crippen molar-refractivity contribution in [2.75, 3.05) is 30.5 Å². The van der Waals surface area contributed by atoms with Crippen LogP contribution < -0.4 is 15.0 Å². The highest BCUT2D eigenvalue weighted by molar-refractivity contribution is 7.09. The summed E-state index contributed by atoms with van der Waals surface area (Å²) in [7, 11) is 1.37. The molecule has 9 nitrogen and oxygen atoms in total. The zero-order chi connectivity index (χ0) is 24.3. The van der Waals surface area contributed by atoms with Gasteiger partial charge in [-0.15, -0.1) is 0 Å². The van der Waals surface area contributed by atoms with E-state index in [0.29, 0.717) is 36.7 Å². The summed E-state index contributed by atoms with van der Waals surface area (Å²) < 4.78 is 55.1. The Morgan fingerprint density at radius 3 is 2.74 bits per heavy atom. The second-order valence-electron chi connectivity index (χ2n) is 7.52. The van der Waals surface area contributed by atoms with Gasteiger partial charge in [-0.25, -0.2) is 4.98 Å². The molecule has 1 saturated heterocycles. The molecule has 0 unspecified atom stereocenters. The van der Waals surface area contributed by atoms with Gasteiger partial charge in [-0.05, 0) is 12.1 Å². The number of rotatable bonds is 6. The molecular weight excluding hydrogens is 473 g/mol. The van der Waals surface area contributed by atoms with E-state index >= 15 is 0 Å². The standard InChI is InChI=1S/C21H21F3N6O3S/c1-12(31)30(2)17-9-13(21(22,23)24)11-26-19(17)28-20-27-18(29-34-20)16-10-15(3-6-25-16)33-14-4-7-32-8-5-14/h3,6,9-11,14H,4-5,7-8H2,1-2H3,(H,26,27,28,29). The first-order valence-electron chi connectivity index (χ1n) is 10.3. The second kappa shape index (κ2) is 9.89. The van der Waals surface area contributed by atoms with Crippen LogP contribution in [0.1, 0.15) is 25.3 Å². The lowest BCUT2D eigenvalue weighted by Gasteiger charge is -2.23. The summed E-state index contributed by atoms with van der Waals surface area (Å²) in [5, 5.41) is 3.13. The third-order valence-corrected chi connectivity index (χ3v) is 5.74. The monoisotopic (exact) mass is 494 g/mol. The van der Waals surface area contributed by atoms with E-state index in [1.54, 1.807) is 18.3 Å². The molecule has 1 N–H and O–H groups in total. The fraction of sp³-hybridized carbons (Fsp3) is 0.381. The summed E-state index contributed by atoms with van der Waals surface area (Å²) >= 11 is 0.984. The van der Waals surface area contributed by atoms with E-state index < -0.39 is 17.6 Å². The predicted octanol–water partition coefficient (Wildman–Crippen LogP) is 4.30. The summed E-state index contributed by atoms with van der Waals surface area (Å²) in [5.41, 5.74) is -0.524. The van der Waals surface area contributed by atoms with Gasteiger partial charge in [-0.3, -0.25) is 9.78 Å². The van der Waals surface area contributed by atoms with Crippen LogP contribution in [0.2, 0.25) is 0 Å². The smallest absolute Gasteiger partial charge is 0.417 e. The minimum atomic E-state index is -4.60. The van der Waals surface area contributed by atoms with Crippen LogP contribution in [0.4, 0.5) is 29.8 Å². The number of halogens is 3. The van der Waals surface area contributed by atoms with Crippen LogP contribution in [0.5, 0.6) is 5.75 Å². The Kier molecular flexibility index (Phi) is 6.93. The van der Waals surface area contributed by atoms with E-state index in [9.17, 15) is 18.0 Å². The maximum atomic E-state index is 13.2. The molecule has 0 radical (unpaired) electrons. The molecule has 0 spiro atoms. The molecule has 1 aliphatic heterocycles. The first-order chi connectivity index (χ1) is 16.2. The Morgan fingerprint density at radius 1 is 1.26 bits per heavy atom. The van der Waals surface area contributed by atoms with Crippen molar-refractivity contribution in [2.24, 2.45) is 0 Å². The fourth-order valence-corrected chi connectivity index (χ4v) is 3.78. The average Bonchev–Trinajstić information content (AvgIpc) is 3.27. The van der Waals surface area contributed by atoms with Crippen LogP contribution in [0, 0.1) is 0 Å². The number of amides is 1. The number of carbonyl (C=O) groups excluding carboxylic acids is 1. The highest BCUT2D eigenvalue weighted by Crippen LogP contribution is 2.35. The number of hydrogen-bond donors (Lipinski definition) is 1. The third-order valence-electron chi connectivity index (χ3n) is 5.11. The molecular formula is C21H21F3N6O3S. The number of aromatic nitrogens is 4. The molecule has 180 valence electrons. The first kappa shape index (κ1) is 23.8. The van der Waals surface area contributed by atoms with Crippen molar-refractivity contribution < 1.29 is 27.4 Å². The minimum Gasteiger partial charge on any atom is -0.490 e. The zero-order valence-electron chi connectivity index (χ0n) is 18.3. The number of hydrogen-bond acceptors (Lipinski definition) is 9. The number of nitrogens with one attached hydrogen (secondary N) is 1. The molecule has 0 atom stereocenters. The van der Waals surface area contributed by atoms with Crippen molar-refractivity contribution in [3.05, 3.63) is 36.2 Å². The molecule has 4 rings (SSSR count). The lowest BCUT2D eigenvalue weighted by atomic mass is 10.1. The summed E-state index contributed by atoms with van der Waals surface area (Å²) in [6, 6.07) is 4.34. The average molecular weight is 494 g/mol. The van der Waals surface area contributed by atoms with E-state index in [4.69, 9.17) is 9.47 Å². The first-order valence-corrected chi connectivity index (χ1v) is 11.1. The summed E-state index contributed by atoms with van der Waals surface area (Å²) in [5.74, 6) is 0.542. The van der Waals surface area contributed by atoms with Gasteiger partial charge in [0.15, 0.2) is 11.6 Å². The number of carbonyl (C=O) groups is 1. The SMILES string of the molecule is CC(=O)N(C)c1cc(C(F)(F)F)cnc1Nc1nc(-c2cc(OC3CCOCC3)ccn2)ns1. The van der Waals surface area contributed by atoms with E-state index in [-0.39, 0.29) is 22.7 Å². The molecule has 1 fully saturated rings. The minimum absolute atomic E-state index is 0.0379. The molecule has 0 saturated carbocycles. The predicted molar refractivity (Wildman–Crippen MR) is 119 cm³/mol. The van der Waals surface area contributed by atoms with Crippen LogP contribution in [0.3, 0.4) is 0 Å². The summed E-state index contributed by atoms with van der Waals surface area (Å²) in [6.07, 6.45) is -0.643. The lowest BCUT2D eigenvalue weighted by Crippen LogP contribution is -2.25. The maximum absolute atomic E-state index is 13.2. The van der Waals surface area contributed by atoms with Crippen molar-refractivity contribution in [1.29, 1.82) is 0 Å². The van der Waals surface area contributed by atoms with Crippen LogP contribution >= 0.6 is 11.5 Å². The normalized spacial score (nSPS) is 14.6. The van der Waals surface area contributed by atoms with E-state index in [0.717, 1.165) is 35.3 Å². The van der Waals surface area contributed by atoms with E-state index in [1.807, 2.05) is 0 Å². The van der Waals surface area contributed by atoms with Gasteiger partial charge in [0.25, 0.3) is 0 Å². The molecule has 0 aromatic carbocycles. The Bertz CT molecular complexity index is 1170. The van der Waals surface area contributed by atoms with Crippen molar-refractivity contribution in [1.82, 2.24) is 19.3 Å². The zero-order valence-corrected chi connectivity index (χ0v) is 19.1. The van der Waals surface area contributed by atoms with E-state index in [1.165, 1.54) is 14.0 Å². The summed E-state index contributed by atoms with van der Waals surface area (Å²) in [4.78, 5) is 25.4. The van der Waals surface area contributed by atoms with Gasteiger partial charge in [0.05, 0.1) is 24.5 Å². The van der Waals surface area contributed by atoms with Crippen LogP contribution in [0.15, 0.2) is 30.6 Å². The quantitative estimate of drug-likeness (QED) is 0.541. The number of anilines is 3. The van der Waals surface area contributed by atoms with Crippen LogP contribution in [-0.2, 0) is 15.7 Å². The third kappa shape index (κ3) is 5.59. The molecule has 3 aromatic rings. The number of ether oxygens (including phenoxy) is 2. The molecule has 34 heavy (non-hydrogen) atoms. The maximum Gasteiger partial charge on any atom is 0.417 e. The van der Waals surface area contributed by atoms with Crippen molar-refractivity contribution in [3.8, 4) is 17.3 Å². The van der Waals surface area contributed by atoms with Gasteiger partial charge >= 0.3 is 6.18 Å². The Balaban J connectivity index is 1.55. The highest BCUT2D eigenvalue weighted by Gasteiger charge is 2.32. The number of alkyl halides is 3. The Morgan fingerprint density at radius 2 is 2.03 bits per heavy atom. The van der Waals surface area contributed by atoms with Gasteiger partial charge < -0.3 is 19.7 Å². The Hall–Kier alpha value is -3.32. The van der Waals surface area contributed by atoms with Crippen molar-refractivity contribution >= 4 is 34.1 Å². The summed E-state index contributed by atoms with van der Waals surface area (Å²) in [6.45, 7) is 2.56. The molecule has 3 aromatic heterocycles. The molecule has 1 amide bonds. The topological polar surface area (TPSA) is 102 Å². The molecule has 0 bridgehead atoms. The van der Waals surface area contributed by atoms with Gasteiger partial charge in [0.2, 0.25) is 11.0 Å². The van der Waals surface area contributed by atoms with Crippen LogP contribution in [0.25, 0.3) is 11.5 Å². The number of pyridine rings is 2. The molecule has 13 heteroatoms.